The van der Waals surface area contributed by atoms with Crippen molar-refractivity contribution in [3.63, 3.8) is 0 Å². The van der Waals surface area contributed by atoms with Crippen LogP contribution < -0.4 is 5.32 Å². The summed E-state index contributed by atoms with van der Waals surface area (Å²) in [5.41, 5.74) is 1.14. The Hall–Kier alpha value is -1.89. The number of hydrogen-bond donors (Lipinski definition) is 2. The fraction of sp³-hybridized carbons (Fsp3) is 0.333. The Morgan fingerprint density at radius 2 is 2.32 bits per heavy atom. The number of nitrogens with one attached hydrogen (secondary N) is 1. The number of nitrogens with zero attached hydrogens (tertiary/aromatic N) is 1. The summed E-state index contributed by atoms with van der Waals surface area (Å²) in [4.78, 5) is 15.0. The van der Waals surface area contributed by atoms with E-state index in [1.165, 1.54) is 12.1 Å². The average molecular weight is 282 g/mol. The molecule has 2 aromatic rings. The van der Waals surface area contributed by atoms with E-state index in [0.717, 1.165) is 0 Å². The normalized spacial score (nSPS) is 14.2. The van der Waals surface area contributed by atoms with Gasteiger partial charge in [0.15, 0.2) is 5.58 Å². The molecule has 1 aromatic heterocycles. The van der Waals surface area contributed by atoms with Crippen LogP contribution in [0.15, 0.2) is 22.6 Å². The maximum Gasteiger partial charge on any atom is 0.335 e. The zero-order valence-electron chi connectivity index (χ0n) is 10.5. The maximum absolute atomic E-state index is 11.2. The highest BCUT2D eigenvalue weighted by molar-refractivity contribution is 7.84. The van der Waals surface area contributed by atoms with Gasteiger partial charge in [-0.1, -0.05) is 0 Å². The van der Waals surface area contributed by atoms with Gasteiger partial charge in [-0.15, -0.1) is 0 Å². The van der Waals surface area contributed by atoms with Crippen molar-refractivity contribution in [1.29, 1.82) is 0 Å². The predicted molar refractivity (Wildman–Crippen MR) is 73.0 cm³/mol. The Morgan fingerprint density at radius 1 is 1.58 bits per heavy atom. The third-order valence-corrected chi connectivity index (χ3v) is 4.04. The first-order valence-corrected chi connectivity index (χ1v) is 7.29. The molecule has 0 aliphatic carbocycles. The van der Waals surface area contributed by atoms with Gasteiger partial charge in [0.05, 0.1) is 5.56 Å². The molecule has 2 atom stereocenters. The lowest BCUT2D eigenvalue weighted by molar-refractivity contribution is 0.0697. The molecule has 1 heterocycles. The largest absolute Gasteiger partial charge is 0.478 e. The molecule has 6 nitrogen and oxygen atoms in total. The average Bonchev–Trinajstić information content (AvgIpc) is 2.77. The Kier molecular flexibility index (Phi) is 3.84. The smallest absolute Gasteiger partial charge is 0.335 e. The van der Waals surface area contributed by atoms with E-state index < -0.39 is 16.8 Å². The Morgan fingerprint density at radius 3 is 2.95 bits per heavy atom. The summed E-state index contributed by atoms with van der Waals surface area (Å²) < 4.78 is 16.6. The van der Waals surface area contributed by atoms with Gasteiger partial charge < -0.3 is 14.8 Å². The van der Waals surface area contributed by atoms with Crippen molar-refractivity contribution in [1.82, 2.24) is 4.98 Å². The minimum absolute atomic E-state index is 0.0235. The van der Waals surface area contributed by atoms with E-state index in [1.807, 2.05) is 6.92 Å². The van der Waals surface area contributed by atoms with Crippen LogP contribution in [-0.4, -0.2) is 38.3 Å². The number of benzene rings is 1. The van der Waals surface area contributed by atoms with Gasteiger partial charge in [-0.05, 0) is 25.1 Å². The molecule has 2 N–H and O–H groups in total. The number of aromatic nitrogens is 1. The summed E-state index contributed by atoms with van der Waals surface area (Å²) in [6, 6.07) is 4.79. The van der Waals surface area contributed by atoms with Crippen molar-refractivity contribution < 1.29 is 18.5 Å². The molecule has 0 fully saturated rings. The summed E-state index contributed by atoms with van der Waals surface area (Å²) in [7, 11) is -0.921. The zero-order valence-corrected chi connectivity index (χ0v) is 11.4. The van der Waals surface area contributed by atoms with Crippen molar-refractivity contribution in [2.45, 2.75) is 12.2 Å². The number of aromatic carboxylic acids is 1. The third kappa shape index (κ3) is 3.11. The molecule has 0 saturated carbocycles. The molecule has 0 aliphatic heterocycles. The van der Waals surface area contributed by atoms with Crippen LogP contribution in [-0.2, 0) is 10.8 Å². The SMILES string of the molecule is CC(CNc1nc2ccc(C(=O)O)cc2o1)S(C)=O. The van der Waals surface area contributed by atoms with E-state index in [9.17, 15) is 9.00 Å². The van der Waals surface area contributed by atoms with Gasteiger partial charge in [0.25, 0.3) is 6.01 Å². The molecule has 2 rings (SSSR count). The first kappa shape index (κ1) is 13.5. The van der Waals surface area contributed by atoms with E-state index >= 15 is 0 Å². The molecule has 0 aliphatic rings. The lowest BCUT2D eigenvalue weighted by Gasteiger charge is -2.07. The second kappa shape index (κ2) is 5.40. The standard InChI is InChI=1S/C12H14N2O4S/c1-7(19(2)17)6-13-12-14-9-4-3-8(11(15)16)5-10(9)18-12/h3-5,7H,6H2,1-2H3,(H,13,14)(H,15,16). The molecular formula is C12H14N2O4S. The second-order valence-electron chi connectivity index (χ2n) is 4.20. The first-order valence-electron chi connectivity index (χ1n) is 5.67. The summed E-state index contributed by atoms with van der Waals surface area (Å²) >= 11 is 0. The van der Waals surface area contributed by atoms with Crippen LogP contribution in [0.2, 0.25) is 0 Å². The van der Waals surface area contributed by atoms with Gasteiger partial charge in [0.2, 0.25) is 0 Å². The highest BCUT2D eigenvalue weighted by atomic mass is 32.2. The fourth-order valence-electron chi connectivity index (χ4n) is 1.48. The summed E-state index contributed by atoms with van der Waals surface area (Å²) in [6.07, 6.45) is 1.64. The van der Waals surface area contributed by atoms with Crippen molar-refractivity contribution in [2.75, 3.05) is 18.1 Å². The van der Waals surface area contributed by atoms with Crippen LogP contribution >= 0.6 is 0 Å². The summed E-state index contributed by atoms with van der Waals surface area (Å²) in [5.74, 6) is -1.01. The summed E-state index contributed by atoms with van der Waals surface area (Å²) in [5, 5.41) is 11.8. The molecule has 7 heteroatoms. The highest BCUT2D eigenvalue weighted by Gasteiger charge is 2.11. The molecule has 1 aromatic carbocycles. The molecule has 0 saturated heterocycles. The molecule has 0 bridgehead atoms. The fourth-order valence-corrected chi connectivity index (χ4v) is 1.80. The highest BCUT2D eigenvalue weighted by Crippen LogP contribution is 2.20. The number of rotatable bonds is 5. The van der Waals surface area contributed by atoms with Crippen molar-refractivity contribution in [3.05, 3.63) is 23.8 Å². The topological polar surface area (TPSA) is 92.4 Å². The number of hydrogen-bond acceptors (Lipinski definition) is 5. The maximum atomic E-state index is 11.2. The van der Waals surface area contributed by atoms with Crippen LogP contribution in [0.25, 0.3) is 11.1 Å². The summed E-state index contributed by atoms with van der Waals surface area (Å²) in [6.45, 7) is 2.33. The molecule has 0 spiro atoms. The first-order chi connectivity index (χ1) is 8.97. The lowest BCUT2D eigenvalue weighted by atomic mass is 10.2. The van der Waals surface area contributed by atoms with Crippen LogP contribution in [0.3, 0.4) is 0 Å². The molecule has 102 valence electrons. The van der Waals surface area contributed by atoms with Crippen LogP contribution in [0, 0.1) is 0 Å². The predicted octanol–water partition coefficient (Wildman–Crippen LogP) is 1.70. The molecule has 0 radical (unpaired) electrons. The molecule has 19 heavy (non-hydrogen) atoms. The van der Waals surface area contributed by atoms with Gasteiger partial charge in [-0.3, -0.25) is 4.21 Å². The van der Waals surface area contributed by atoms with Crippen LogP contribution in [0.5, 0.6) is 0 Å². The van der Waals surface area contributed by atoms with Gasteiger partial charge in [0, 0.05) is 28.9 Å². The number of anilines is 1. The van der Waals surface area contributed by atoms with E-state index in [1.54, 1.807) is 12.3 Å². The Labute approximate surface area is 112 Å². The van der Waals surface area contributed by atoms with E-state index in [-0.39, 0.29) is 10.8 Å². The second-order valence-corrected chi connectivity index (χ2v) is 6.00. The van der Waals surface area contributed by atoms with Crippen molar-refractivity contribution in [3.8, 4) is 0 Å². The van der Waals surface area contributed by atoms with Crippen LogP contribution in [0.1, 0.15) is 17.3 Å². The van der Waals surface area contributed by atoms with Crippen molar-refractivity contribution >= 4 is 33.9 Å². The van der Waals surface area contributed by atoms with E-state index in [4.69, 9.17) is 9.52 Å². The minimum atomic E-state index is -1.01. The molecule has 2 unspecified atom stereocenters. The third-order valence-electron chi connectivity index (χ3n) is 2.74. The number of oxazole rings is 1. The van der Waals surface area contributed by atoms with Gasteiger partial charge in [0.1, 0.15) is 5.52 Å². The minimum Gasteiger partial charge on any atom is -0.478 e. The van der Waals surface area contributed by atoms with E-state index in [0.29, 0.717) is 23.7 Å². The van der Waals surface area contributed by atoms with Gasteiger partial charge in [-0.2, -0.15) is 4.98 Å². The van der Waals surface area contributed by atoms with Gasteiger partial charge in [-0.25, -0.2) is 4.79 Å². The quantitative estimate of drug-likeness (QED) is 0.867. The lowest BCUT2D eigenvalue weighted by Crippen LogP contribution is -2.20. The monoisotopic (exact) mass is 282 g/mol. The number of carboxylic acid groups (broad SMARTS) is 1. The van der Waals surface area contributed by atoms with Gasteiger partial charge >= 0.3 is 5.97 Å². The van der Waals surface area contributed by atoms with Crippen molar-refractivity contribution in [2.24, 2.45) is 0 Å². The zero-order chi connectivity index (χ0) is 14.0. The Balaban J connectivity index is 2.17. The Bertz CT molecular complexity index is 638. The number of carbonyl (C=O) groups is 1. The molecule has 0 amide bonds. The van der Waals surface area contributed by atoms with Crippen LogP contribution in [0.4, 0.5) is 6.01 Å². The molecular weight excluding hydrogens is 268 g/mol. The number of fused-ring (bicyclic) bond motifs is 1. The van der Waals surface area contributed by atoms with E-state index in [2.05, 4.69) is 10.3 Å². The number of carboxylic acids is 1.